The van der Waals surface area contributed by atoms with Gasteiger partial charge in [-0.05, 0) is 36.4 Å². The van der Waals surface area contributed by atoms with Gasteiger partial charge in [-0.3, -0.25) is 0 Å². The average molecular weight is 291 g/mol. The van der Waals surface area contributed by atoms with Gasteiger partial charge in [-0.25, -0.2) is 4.39 Å². The Hall–Kier alpha value is -1.72. The van der Waals surface area contributed by atoms with Crippen LogP contribution in [0.5, 0.6) is 0 Å². The van der Waals surface area contributed by atoms with E-state index >= 15 is 0 Å². The number of thiocarbonyl (C=S) groups is 1. The number of benzene rings is 1. The second-order valence-electron chi connectivity index (χ2n) is 4.58. The van der Waals surface area contributed by atoms with Crippen LogP contribution in [-0.4, -0.2) is 36.2 Å². The maximum atomic E-state index is 12.9. The Morgan fingerprint density at radius 3 is 2.45 bits per heavy atom. The highest BCUT2D eigenvalue weighted by atomic mass is 32.1. The van der Waals surface area contributed by atoms with E-state index in [-0.39, 0.29) is 5.82 Å². The third-order valence-corrected chi connectivity index (χ3v) is 3.70. The molecule has 5 heteroatoms. The molecule has 0 spiro atoms. The Morgan fingerprint density at radius 1 is 1.05 bits per heavy atom. The summed E-state index contributed by atoms with van der Waals surface area (Å²) in [5.41, 5.74) is 0.836. The molecule has 0 atom stereocenters. The molecule has 1 aromatic heterocycles. The van der Waals surface area contributed by atoms with Crippen molar-refractivity contribution in [3.8, 4) is 11.3 Å². The maximum absolute atomic E-state index is 12.9. The van der Waals surface area contributed by atoms with Crippen LogP contribution in [0.2, 0.25) is 0 Å². The predicted octanol–water partition coefficient (Wildman–Crippen LogP) is 3.09. The van der Waals surface area contributed by atoms with E-state index in [4.69, 9.17) is 21.4 Å². The van der Waals surface area contributed by atoms with Crippen LogP contribution in [0.25, 0.3) is 11.3 Å². The lowest BCUT2D eigenvalue weighted by molar-refractivity contribution is 0.0688. The smallest absolute Gasteiger partial charge is 0.162 e. The fourth-order valence-electron chi connectivity index (χ4n) is 2.14. The summed E-state index contributed by atoms with van der Waals surface area (Å²) in [5.74, 6) is 1.10. The largest absolute Gasteiger partial charge is 0.454 e. The molecule has 3 rings (SSSR count). The van der Waals surface area contributed by atoms with Crippen molar-refractivity contribution in [3.05, 3.63) is 48.0 Å². The van der Waals surface area contributed by atoms with Gasteiger partial charge < -0.3 is 14.1 Å². The van der Waals surface area contributed by atoms with Crippen LogP contribution >= 0.6 is 12.2 Å². The van der Waals surface area contributed by atoms with Crippen molar-refractivity contribution in [1.29, 1.82) is 0 Å². The minimum absolute atomic E-state index is 0.260. The molecule has 1 aromatic carbocycles. The lowest BCUT2D eigenvalue weighted by atomic mass is 10.2. The number of hydrogen-bond acceptors (Lipinski definition) is 3. The summed E-state index contributed by atoms with van der Waals surface area (Å²) < 4.78 is 24.0. The Kier molecular flexibility index (Phi) is 3.80. The van der Waals surface area contributed by atoms with Crippen molar-refractivity contribution in [1.82, 2.24) is 4.90 Å². The van der Waals surface area contributed by atoms with Crippen LogP contribution in [0.3, 0.4) is 0 Å². The lowest BCUT2D eigenvalue weighted by Crippen LogP contribution is -2.40. The summed E-state index contributed by atoms with van der Waals surface area (Å²) in [6.45, 7) is 2.94. The molecule has 2 heterocycles. The molecule has 3 nitrogen and oxygen atoms in total. The average Bonchev–Trinajstić information content (AvgIpc) is 2.98. The van der Waals surface area contributed by atoms with Crippen LogP contribution in [0, 0.1) is 5.82 Å². The summed E-state index contributed by atoms with van der Waals surface area (Å²) in [5, 5.41) is 0. The van der Waals surface area contributed by atoms with Crippen LogP contribution in [0.4, 0.5) is 4.39 Å². The highest BCUT2D eigenvalue weighted by molar-refractivity contribution is 7.80. The summed E-state index contributed by atoms with van der Waals surface area (Å²) in [4.78, 5) is 2.77. The fraction of sp³-hybridized carbons (Fsp3) is 0.267. The number of furan rings is 1. The van der Waals surface area contributed by atoms with E-state index < -0.39 is 0 Å². The van der Waals surface area contributed by atoms with Crippen molar-refractivity contribution in [2.24, 2.45) is 0 Å². The van der Waals surface area contributed by atoms with E-state index in [1.54, 1.807) is 12.1 Å². The molecule has 1 saturated heterocycles. The second-order valence-corrected chi connectivity index (χ2v) is 4.96. The molecular formula is C15H14FNO2S. The second kappa shape index (κ2) is 5.73. The van der Waals surface area contributed by atoms with Crippen LogP contribution in [-0.2, 0) is 4.74 Å². The first kappa shape index (κ1) is 13.3. The first-order valence-corrected chi connectivity index (χ1v) is 6.88. The van der Waals surface area contributed by atoms with Gasteiger partial charge in [-0.1, -0.05) is 12.2 Å². The van der Waals surface area contributed by atoms with Crippen LogP contribution < -0.4 is 0 Å². The molecule has 1 aliphatic rings. The third-order valence-electron chi connectivity index (χ3n) is 3.24. The number of rotatable bonds is 2. The van der Waals surface area contributed by atoms with E-state index in [1.165, 1.54) is 12.1 Å². The number of ether oxygens (including phenoxy) is 1. The minimum Gasteiger partial charge on any atom is -0.454 e. The summed E-state index contributed by atoms with van der Waals surface area (Å²) in [6, 6.07) is 9.92. The van der Waals surface area contributed by atoms with Gasteiger partial charge in [0.1, 0.15) is 16.6 Å². The van der Waals surface area contributed by atoms with E-state index in [2.05, 4.69) is 4.90 Å². The number of halogens is 1. The molecule has 1 aliphatic heterocycles. The van der Waals surface area contributed by atoms with Gasteiger partial charge in [0.05, 0.1) is 13.2 Å². The van der Waals surface area contributed by atoms with Gasteiger partial charge in [-0.2, -0.15) is 0 Å². The van der Waals surface area contributed by atoms with E-state index in [0.29, 0.717) is 29.7 Å². The van der Waals surface area contributed by atoms with Crippen molar-refractivity contribution in [3.63, 3.8) is 0 Å². The molecule has 104 valence electrons. The van der Waals surface area contributed by atoms with Gasteiger partial charge in [0.25, 0.3) is 0 Å². The molecule has 0 radical (unpaired) electrons. The molecule has 2 aromatic rings. The molecule has 20 heavy (non-hydrogen) atoms. The molecule has 0 aliphatic carbocycles. The predicted molar refractivity (Wildman–Crippen MR) is 78.2 cm³/mol. The van der Waals surface area contributed by atoms with Gasteiger partial charge in [-0.15, -0.1) is 0 Å². The molecule has 0 bridgehead atoms. The van der Waals surface area contributed by atoms with Gasteiger partial charge in [0, 0.05) is 18.7 Å². The first-order chi connectivity index (χ1) is 9.74. The van der Waals surface area contributed by atoms with Crippen molar-refractivity contribution < 1.29 is 13.5 Å². The summed E-state index contributed by atoms with van der Waals surface area (Å²) in [6.07, 6.45) is 0. The van der Waals surface area contributed by atoms with Gasteiger partial charge >= 0.3 is 0 Å². The molecule has 0 unspecified atom stereocenters. The molecule has 0 amide bonds. The minimum atomic E-state index is -0.260. The molecular weight excluding hydrogens is 277 g/mol. The zero-order valence-electron chi connectivity index (χ0n) is 10.8. The first-order valence-electron chi connectivity index (χ1n) is 6.47. The maximum Gasteiger partial charge on any atom is 0.162 e. The zero-order valence-corrected chi connectivity index (χ0v) is 11.7. The van der Waals surface area contributed by atoms with Crippen LogP contribution in [0.15, 0.2) is 40.8 Å². The summed E-state index contributed by atoms with van der Waals surface area (Å²) in [7, 11) is 0. The SMILES string of the molecule is Fc1ccc(-c2ccc(C(=S)N3CCOCC3)o2)cc1. The molecule has 0 saturated carbocycles. The standard InChI is InChI=1S/C15H14FNO2S/c16-12-3-1-11(2-4-12)13-5-6-14(19-13)15(20)17-7-9-18-10-8-17/h1-6H,7-10H2. The van der Waals surface area contributed by atoms with E-state index in [1.807, 2.05) is 12.1 Å². The van der Waals surface area contributed by atoms with Crippen molar-refractivity contribution in [2.45, 2.75) is 0 Å². The normalized spacial score (nSPS) is 15.3. The lowest BCUT2D eigenvalue weighted by Gasteiger charge is -2.28. The fourth-order valence-corrected chi connectivity index (χ4v) is 2.44. The topological polar surface area (TPSA) is 25.6 Å². The molecule has 0 N–H and O–H groups in total. The number of morpholine rings is 1. The van der Waals surface area contributed by atoms with Gasteiger partial charge in [0.2, 0.25) is 0 Å². The Labute approximate surface area is 121 Å². The van der Waals surface area contributed by atoms with Crippen LogP contribution in [0.1, 0.15) is 5.76 Å². The van der Waals surface area contributed by atoms with E-state index in [9.17, 15) is 4.39 Å². The summed E-state index contributed by atoms with van der Waals surface area (Å²) >= 11 is 5.44. The number of hydrogen-bond donors (Lipinski definition) is 0. The Balaban J connectivity index is 1.79. The zero-order chi connectivity index (χ0) is 13.9. The Bertz CT molecular complexity index is 603. The quantitative estimate of drug-likeness (QED) is 0.794. The monoisotopic (exact) mass is 291 g/mol. The van der Waals surface area contributed by atoms with Gasteiger partial charge in [0.15, 0.2) is 5.76 Å². The highest BCUT2D eigenvalue weighted by Crippen LogP contribution is 2.23. The van der Waals surface area contributed by atoms with E-state index in [0.717, 1.165) is 18.7 Å². The highest BCUT2D eigenvalue weighted by Gasteiger charge is 2.18. The number of nitrogens with zero attached hydrogens (tertiary/aromatic N) is 1. The third kappa shape index (κ3) is 2.73. The van der Waals surface area contributed by atoms with Crippen molar-refractivity contribution >= 4 is 17.2 Å². The van der Waals surface area contributed by atoms with Crippen molar-refractivity contribution in [2.75, 3.05) is 26.3 Å². The molecule has 1 fully saturated rings. The Morgan fingerprint density at radius 2 is 1.75 bits per heavy atom.